The van der Waals surface area contributed by atoms with E-state index in [2.05, 4.69) is 0 Å². The first-order valence-corrected chi connectivity index (χ1v) is 11.5. The number of nitrogens with zero attached hydrogens (tertiary/aromatic N) is 2. The molecule has 3 aromatic carbocycles. The minimum atomic E-state index is -3.61. The van der Waals surface area contributed by atoms with E-state index in [0.717, 1.165) is 10.8 Å². The number of aromatic hydroxyl groups is 1. The van der Waals surface area contributed by atoms with Crippen LogP contribution in [0.1, 0.15) is 10.4 Å². The molecule has 0 atom stereocenters. The third-order valence-corrected chi connectivity index (χ3v) is 7.30. The van der Waals surface area contributed by atoms with Crippen molar-refractivity contribution in [2.45, 2.75) is 4.90 Å². The van der Waals surface area contributed by atoms with Gasteiger partial charge in [0.1, 0.15) is 11.3 Å². The summed E-state index contributed by atoms with van der Waals surface area (Å²) in [5.74, 6) is -1.44. The van der Waals surface area contributed by atoms with Gasteiger partial charge in [-0.2, -0.15) is 4.31 Å². The van der Waals surface area contributed by atoms with Crippen molar-refractivity contribution < 1.29 is 27.9 Å². The third-order valence-electron chi connectivity index (χ3n) is 5.38. The van der Waals surface area contributed by atoms with Gasteiger partial charge < -0.3 is 14.7 Å². The zero-order valence-corrected chi connectivity index (χ0v) is 18.0. The molecule has 9 heteroatoms. The highest BCUT2D eigenvalue weighted by Crippen LogP contribution is 2.25. The molecule has 1 saturated heterocycles. The molecule has 1 aliphatic rings. The molecule has 0 unspecified atom stereocenters. The Bertz CT molecular complexity index is 1250. The first-order chi connectivity index (χ1) is 15.4. The molecule has 0 saturated carbocycles. The zero-order valence-electron chi connectivity index (χ0n) is 17.2. The predicted molar refractivity (Wildman–Crippen MR) is 118 cm³/mol. The summed E-state index contributed by atoms with van der Waals surface area (Å²) in [7, 11) is -3.61. The first kappa shape index (κ1) is 21.8. The van der Waals surface area contributed by atoms with Gasteiger partial charge in [-0.15, -0.1) is 0 Å². The number of piperazine rings is 1. The molecule has 8 nitrogen and oxygen atoms in total. The van der Waals surface area contributed by atoms with Crippen LogP contribution in [-0.2, 0) is 19.6 Å². The van der Waals surface area contributed by atoms with Gasteiger partial charge in [-0.25, -0.2) is 13.2 Å². The van der Waals surface area contributed by atoms with E-state index in [-0.39, 0.29) is 42.4 Å². The topological polar surface area (TPSA) is 104 Å². The summed E-state index contributed by atoms with van der Waals surface area (Å²) in [4.78, 5) is 26.5. The second kappa shape index (κ2) is 8.97. The molecule has 0 aliphatic carbocycles. The fourth-order valence-corrected chi connectivity index (χ4v) is 5.05. The molecule has 0 aromatic heterocycles. The van der Waals surface area contributed by atoms with Gasteiger partial charge in [0.15, 0.2) is 6.61 Å². The van der Waals surface area contributed by atoms with E-state index < -0.39 is 28.5 Å². The van der Waals surface area contributed by atoms with Crippen LogP contribution in [0.25, 0.3) is 10.8 Å². The van der Waals surface area contributed by atoms with Crippen LogP contribution < -0.4 is 0 Å². The van der Waals surface area contributed by atoms with Crippen LogP contribution in [0.3, 0.4) is 0 Å². The lowest BCUT2D eigenvalue weighted by atomic mass is 10.1. The Kier molecular flexibility index (Phi) is 6.11. The average molecular weight is 455 g/mol. The number of hydrogen-bond donors (Lipinski definition) is 1. The van der Waals surface area contributed by atoms with E-state index in [1.54, 1.807) is 24.3 Å². The predicted octanol–water partition coefficient (Wildman–Crippen LogP) is 2.24. The number of phenolic OH excluding ortho intramolecular Hbond substituents is 1. The smallest absolute Gasteiger partial charge is 0.342 e. The summed E-state index contributed by atoms with van der Waals surface area (Å²) >= 11 is 0. The Balaban J connectivity index is 1.34. The highest BCUT2D eigenvalue weighted by Gasteiger charge is 2.30. The minimum absolute atomic E-state index is 0.0183. The lowest BCUT2D eigenvalue weighted by Crippen LogP contribution is -2.51. The maximum atomic E-state index is 12.7. The molecule has 1 fully saturated rings. The first-order valence-electron chi connectivity index (χ1n) is 10.1. The molecule has 1 heterocycles. The van der Waals surface area contributed by atoms with Crippen molar-refractivity contribution in [2.24, 2.45) is 0 Å². The van der Waals surface area contributed by atoms with Crippen molar-refractivity contribution in [1.82, 2.24) is 9.21 Å². The molecule has 0 spiro atoms. The zero-order chi connectivity index (χ0) is 22.7. The molecular formula is C23H22N2O6S. The number of fused-ring (bicyclic) bond motifs is 1. The van der Waals surface area contributed by atoms with Crippen LogP contribution in [0.5, 0.6) is 5.75 Å². The number of sulfonamides is 1. The quantitative estimate of drug-likeness (QED) is 0.593. The van der Waals surface area contributed by atoms with E-state index >= 15 is 0 Å². The van der Waals surface area contributed by atoms with Crippen LogP contribution >= 0.6 is 0 Å². The van der Waals surface area contributed by atoms with Gasteiger partial charge in [0.05, 0.1) is 4.90 Å². The minimum Gasteiger partial charge on any atom is -0.507 e. The van der Waals surface area contributed by atoms with Gasteiger partial charge >= 0.3 is 5.97 Å². The maximum Gasteiger partial charge on any atom is 0.342 e. The van der Waals surface area contributed by atoms with Crippen LogP contribution in [0, 0.1) is 0 Å². The largest absolute Gasteiger partial charge is 0.507 e. The summed E-state index contributed by atoms with van der Waals surface area (Å²) in [6, 6.07) is 18.4. The lowest BCUT2D eigenvalue weighted by Gasteiger charge is -2.33. The Hall–Kier alpha value is -3.43. The lowest BCUT2D eigenvalue weighted by molar-refractivity contribution is -0.135. The number of amides is 1. The third kappa shape index (κ3) is 4.44. The van der Waals surface area contributed by atoms with Gasteiger partial charge in [-0.1, -0.05) is 42.5 Å². The number of rotatable bonds is 5. The van der Waals surface area contributed by atoms with Crippen molar-refractivity contribution in [3.63, 3.8) is 0 Å². The number of esters is 1. The van der Waals surface area contributed by atoms with Gasteiger partial charge in [-0.05, 0) is 35.0 Å². The molecule has 1 aliphatic heterocycles. The molecule has 166 valence electrons. The monoisotopic (exact) mass is 454 g/mol. The van der Waals surface area contributed by atoms with Crippen molar-refractivity contribution in [3.8, 4) is 5.75 Å². The fraction of sp³-hybridized carbons (Fsp3) is 0.217. The Morgan fingerprint density at radius 1 is 0.875 bits per heavy atom. The van der Waals surface area contributed by atoms with E-state index in [1.165, 1.54) is 33.5 Å². The number of hydrogen-bond acceptors (Lipinski definition) is 6. The second-order valence-electron chi connectivity index (χ2n) is 7.39. The standard InChI is InChI=1S/C23H22N2O6S/c26-21-15-18-7-5-4-6-17(18)14-20(21)23(28)31-16-22(27)24-10-12-25(13-11-24)32(29,30)19-8-2-1-3-9-19/h1-9,14-15,26H,10-13,16H2. The van der Waals surface area contributed by atoms with E-state index in [0.29, 0.717) is 0 Å². The fourth-order valence-electron chi connectivity index (χ4n) is 3.61. The van der Waals surface area contributed by atoms with E-state index in [4.69, 9.17) is 4.74 Å². The Morgan fingerprint density at radius 2 is 1.47 bits per heavy atom. The summed E-state index contributed by atoms with van der Waals surface area (Å²) in [6.07, 6.45) is 0. The van der Waals surface area contributed by atoms with Gasteiger partial charge in [0.25, 0.3) is 5.91 Å². The summed E-state index contributed by atoms with van der Waals surface area (Å²) in [5, 5.41) is 11.7. The van der Waals surface area contributed by atoms with Gasteiger partial charge in [0.2, 0.25) is 10.0 Å². The number of carbonyl (C=O) groups is 2. The normalized spacial score (nSPS) is 14.9. The number of phenols is 1. The van der Waals surface area contributed by atoms with Crippen molar-refractivity contribution in [2.75, 3.05) is 32.8 Å². The molecule has 32 heavy (non-hydrogen) atoms. The van der Waals surface area contributed by atoms with Crippen LogP contribution in [0.2, 0.25) is 0 Å². The number of carbonyl (C=O) groups excluding carboxylic acids is 2. The van der Waals surface area contributed by atoms with Crippen molar-refractivity contribution in [1.29, 1.82) is 0 Å². The second-order valence-corrected chi connectivity index (χ2v) is 9.33. The maximum absolute atomic E-state index is 12.7. The molecule has 0 bridgehead atoms. The molecule has 0 radical (unpaired) electrons. The highest BCUT2D eigenvalue weighted by molar-refractivity contribution is 7.89. The SMILES string of the molecule is O=C(OCC(=O)N1CCN(S(=O)(=O)c2ccccc2)CC1)c1cc2ccccc2cc1O. The molecule has 1 N–H and O–H groups in total. The molecule has 1 amide bonds. The molecule has 4 rings (SSSR count). The highest BCUT2D eigenvalue weighted by atomic mass is 32.2. The summed E-state index contributed by atoms with van der Waals surface area (Å²) in [5.41, 5.74) is -0.0183. The Labute approximate surface area is 185 Å². The van der Waals surface area contributed by atoms with Crippen molar-refractivity contribution >= 4 is 32.7 Å². The average Bonchev–Trinajstić information content (AvgIpc) is 2.82. The molecular weight excluding hydrogens is 432 g/mol. The van der Waals surface area contributed by atoms with E-state index in [9.17, 15) is 23.1 Å². The van der Waals surface area contributed by atoms with Crippen LogP contribution in [0.4, 0.5) is 0 Å². The van der Waals surface area contributed by atoms with Crippen molar-refractivity contribution in [3.05, 3.63) is 72.3 Å². The molecule has 3 aromatic rings. The number of benzene rings is 3. The van der Waals surface area contributed by atoms with E-state index in [1.807, 2.05) is 18.2 Å². The van der Waals surface area contributed by atoms with Crippen LogP contribution in [-0.4, -0.2) is 67.4 Å². The Morgan fingerprint density at radius 3 is 2.12 bits per heavy atom. The summed E-state index contributed by atoms with van der Waals surface area (Å²) < 4.78 is 31.8. The van der Waals surface area contributed by atoms with Crippen LogP contribution in [0.15, 0.2) is 71.6 Å². The number of ether oxygens (including phenoxy) is 1. The van der Waals surface area contributed by atoms with Gasteiger partial charge in [0, 0.05) is 26.2 Å². The summed E-state index contributed by atoms with van der Waals surface area (Å²) in [6.45, 7) is 0.217. The van der Waals surface area contributed by atoms with Gasteiger partial charge in [-0.3, -0.25) is 4.79 Å².